The fraction of sp³-hybridized carbons (Fsp3) is 0.125. The maximum absolute atomic E-state index is 13.0. The van der Waals surface area contributed by atoms with E-state index in [1.807, 2.05) is 6.07 Å². The minimum atomic E-state index is -0.439. The van der Waals surface area contributed by atoms with Crippen LogP contribution < -0.4 is 5.73 Å². The molecule has 0 amide bonds. The first-order valence-corrected chi connectivity index (χ1v) is 7.54. The van der Waals surface area contributed by atoms with Crippen molar-refractivity contribution in [1.29, 1.82) is 0 Å². The van der Waals surface area contributed by atoms with Crippen molar-refractivity contribution in [1.82, 2.24) is 4.98 Å². The Labute approximate surface area is 130 Å². The van der Waals surface area contributed by atoms with Crippen LogP contribution in [0.15, 0.2) is 36.4 Å². The van der Waals surface area contributed by atoms with E-state index in [2.05, 4.69) is 4.98 Å². The molecule has 0 bridgehead atoms. The fourth-order valence-electron chi connectivity index (χ4n) is 2.13. The topological polar surface area (TPSA) is 65.2 Å². The molecule has 0 radical (unpaired) electrons. The maximum atomic E-state index is 13.0. The van der Waals surface area contributed by atoms with Crippen LogP contribution in [0.4, 0.5) is 10.1 Å². The Hall–Kier alpha value is -2.47. The highest BCUT2D eigenvalue weighted by Gasteiger charge is 2.18. The predicted molar refractivity (Wildman–Crippen MR) is 85.4 cm³/mol. The first-order chi connectivity index (χ1) is 10.6. The zero-order chi connectivity index (χ0) is 15.7. The molecule has 6 heteroatoms. The Morgan fingerprint density at radius 2 is 2.00 bits per heavy atom. The van der Waals surface area contributed by atoms with Gasteiger partial charge >= 0.3 is 5.97 Å². The Bertz CT molecular complexity index is 843. The number of thiophene rings is 1. The number of pyridine rings is 1. The Morgan fingerprint density at radius 1 is 1.27 bits per heavy atom. The van der Waals surface area contributed by atoms with E-state index in [1.54, 1.807) is 25.1 Å². The average Bonchev–Trinajstić information content (AvgIpc) is 2.85. The Morgan fingerprint density at radius 3 is 2.68 bits per heavy atom. The van der Waals surface area contributed by atoms with Gasteiger partial charge in [-0.25, -0.2) is 14.2 Å². The Balaban J connectivity index is 2.07. The SMILES string of the molecule is CCOC(=O)c1sc2nc(-c3ccc(F)cc3)ccc2c1N. The van der Waals surface area contributed by atoms with Gasteiger partial charge in [-0.3, -0.25) is 0 Å². The van der Waals surface area contributed by atoms with Crippen LogP contribution in [0.2, 0.25) is 0 Å². The first kappa shape index (κ1) is 14.5. The third-order valence-corrected chi connectivity index (χ3v) is 4.29. The number of esters is 1. The van der Waals surface area contributed by atoms with Crippen LogP contribution in [-0.2, 0) is 4.74 Å². The number of ether oxygens (including phenoxy) is 1. The summed E-state index contributed by atoms with van der Waals surface area (Å²) in [7, 11) is 0. The highest BCUT2D eigenvalue weighted by molar-refractivity contribution is 7.21. The summed E-state index contributed by atoms with van der Waals surface area (Å²) in [5.74, 6) is -0.735. The molecule has 0 spiro atoms. The number of hydrogen-bond donors (Lipinski definition) is 1. The number of anilines is 1. The molecule has 0 saturated carbocycles. The molecule has 3 rings (SSSR count). The van der Waals surface area contributed by atoms with Gasteiger partial charge < -0.3 is 10.5 Å². The summed E-state index contributed by atoms with van der Waals surface area (Å²) >= 11 is 1.20. The van der Waals surface area contributed by atoms with E-state index in [-0.39, 0.29) is 5.82 Å². The van der Waals surface area contributed by atoms with E-state index < -0.39 is 5.97 Å². The lowest BCUT2D eigenvalue weighted by atomic mass is 10.1. The Kier molecular flexibility index (Phi) is 3.77. The molecule has 3 aromatic rings. The molecule has 2 N–H and O–H groups in total. The molecule has 1 aromatic carbocycles. The largest absolute Gasteiger partial charge is 0.462 e. The highest BCUT2D eigenvalue weighted by atomic mass is 32.1. The van der Waals surface area contributed by atoms with Crippen molar-refractivity contribution in [2.75, 3.05) is 12.3 Å². The van der Waals surface area contributed by atoms with Crippen molar-refractivity contribution in [2.24, 2.45) is 0 Å². The third kappa shape index (κ3) is 2.53. The molecule has 2 aromatic heterocycles. The number of carbonyl (C=O) groups is 1. The van der Waals surface area contributed by atoms with Gasteiger partial charge in [0.1, 0.15) is 15.5 Å². The zero-order valence-corrected chi connectivity index (χ0v) is 12.6. The third-order valence-electron chi connectivity index (χ3n) is 3.19. The number of halogens is 1. The van der Waals surface area contributed by atoms with Gasteiger partial charge in [-0.2, -0.15) is 0 Å². The molecule has 0 fully saturated rings. The molecule has 2 heterocycles. The monoisotopic (exact) mass is 316 g/mol. The molecule has 0 atom stereocenters. The average molecular weight is 316 g/mol. The number of benzene rings is 1. The zero-order valence-electron chi connectivity index (χ0n) is 11.8. The molecule has 0 aliphatic rings. The van der Waals surface area contributed by atoms with Crippen LogP contribution in [0.1, 0.15) is 16.6 Å². The molecule has 0 aliphatic heterocycles. The summed E-state index contributed by atoms with van der Waals surface area (Å²) in [4.78, 5) is 17.4. The minimum absolute atomic E-state index is 0.292. The van der Waals surface area contributed by atoms with Crippen molar-refractivity contribution in [3.05, 3.63) is 47.1 Å². The van der Waals surface area contributed by atoms with Crippen molar-refractivity contribution in [3.63, 3.8) is 0 Å². The quantitative estimate of drug-likeness (QED) is 0.745. The molecule has 22 heavy (non-hydrogen) atoms. The van der Waals surface area contributed by atoms with E-state index in [1.165, 1.54) is 23.5 Å². The molecular weight excluding hydrogens is 303 g/mol. The maximum Gasteiger partial charge on any atom is 0.350 e. The number of rotatable bonds is 3. The number of carbonyl (C=O) groups excluding carboxylic acids is 1. The highest BCUT2D eigenvalue weighted by Crippen LogP contribution is 2.34. The van der Waals surface area contributed by atoms with E-state index in [9.17, 15) is 9.18 Å². The van der Waals surface area contributed by atoms with Crippen LogP contribution in [0.3, 0.4) is 0 Å². The standard InChI is InChI=1S/C16H13FN2O2S/c1-2-21-16(20)14-13(18)11-7-8-12(19-15(11)22-14)9-3-5-10(17)6-4-9/h3-8H,2,18H2,1H3. The lowest BCUT2D eigenvalue weighted by Gasteiger charge is -2.01. The van der Waals surface area contributed by atoms with Crippen molar-refractivity contribution in [2.45, 2.75) is 6.92 Å². The van der Waals surface area contributed by atoms with Crippen molar-refractivity contribution in [3.8, 4) is 11.3 Å². The van der Waals surface area contributed by atoms with Gasteiger partial charge in [-0.1, -0.05) is 0 Å². The van der Waals surface area contributed by atoms with Crippen LogP contribution in [-0.4, -0.2) is 17.6 Å². The van der Waals surface area contributed by atoms with Crippen LogP contribution in [0, 0.1) is 5.82 Å². The molecule has 0 saturated heterocycles. The van der Waals surface area contributed by atoms with E-state index in [0.29, 0.717) is 27.7 Å². The lowest BCUT2D eigenvalue weighted by Crippen LogP contribution is -2.04. The summed E-state index contributed by atoms with van der Waals surface area (Å²) in [6, 6.07) is 9.70. The van der Waals surface area contributed by atoms with Crippen LogP contribution >= 0.6 is 11.3 Å². The van der Waals surface area contributed by atoms with Gasteiger partial charge in [-0.05, 0) is 43.3 Å². The second-order valence-electron chi connectivity index (χ2n) is 4.62. The second-order valence-corrected chi connectivity index (χ2v) is 5.62. The van der Waals surface area contributed by atoms with E-state index in [0.717, 1.165) is 10.9 Å². The fourth-order valence-corrected chi connectivity index (χ4v) is 3.11. The number of aromatic nitrogens is 1. The van der Waals surface area contributed by atoms with Crippen LogP contribution in [0.5, 0.6) is 0 Å². The van der Waals surface area contributed by atoms with Gasteiger partial charge in [0.2, 0.25) is 0 Å². The van der Waals surface area contributed by atoms with Gasteiger partial charge in [0.05, 0.1) is 18.0 Å². The van der Waals surface area contributed by atoms with Crippen LogP contribution in [0.25, 0.3) is 21.5 Å². The van der Waals surface area contributed by atoms with Crippen molar-refractivity contribution < 1.29 is 13.9 Å². The molecule has 4 nitrogen and oxygen atoms in total. The predicted octanol–water partition coefficient (Wildman–Crippen LogP) is 3.86. The summed E-state index contributed by atoms with van der Waals surface area (Å²) in [6.07, 6.45) is 0. The van der Waals surface area contributed by atoms with Gasteiger partial charge in [0.15, 0.2) is 0 Å². The molecule has 0 unspecified atom stereocenters. The normalized spacial score (nSPS) is 10.8. The number of hydrogen-bond acceptors (Lipinski definition) is 5. The molecule has 0 aliphatic carbocycles. The van der Waals surface area contributed by atoms with Gasteiger partial charge in [0, 0.05) is 10.9 Å². The van der Waals surface area contributed by atoms with E-state index in [4.69, 9.17) is 10.5 Å². The number of nitrogens with two attached hydrogens (primary N) is 1. The smallest absolute Gasteiger partial charge is 0.350 e. The van der Waals surface area contributed by atoms with Gasteiger partial charge in [-0.15, -0.1) is 11.3 Å². The second kappa shape index (κ2) is 5.73. The number of nitrogen functional groups attached to an aromatic ring is 1. The van der Waals surface area contributed by atoms with Crippen molar-refractivity contribution >= 4 is 33.2 Å². The summed E-state index contributed by atoms with van der Waals surface area (Å²) in [6.45, 7) is 2.03. The first-order valence-electron chi connectivity index (χ1n) is 6.72. The van der Waals surface area contributed by atoms with Gasteiger partial charge in [0.25, 0.3) is 0 Å². The van der Waals surface area contributed by atoms with E-state index >= 15 is 0 Å². The lowest BCUT2D eigenvalue weighted by molar-refractivity contribution is 0.0533. The molecular formula is C16H13FN2O2S. The summed E-state index contributed by atoms with van der Waals surface area (Å²) in [5.41, 5.74) is 7.88. The number of nitrogens with zero attached hydrogens (tertiary/aromatic N) is 1. The molecule has 112 valence electrons. The summed E-state index contributed by atoms with van der Waals surface area (Å²) in [5, 5.41) is 0.721. The summed E-state index contributed by atoms with van der Waals surface area (Å²) < 4.78 is 18.0. The number of fused-ring (bicyclic) bond motifs is 1. The minimum Gasteiger partial charge on any atom is -0.462 e.